The lowest BCUT2D eigenvalue weighted by atomic mass is 10.0. The standard InChI is InChI=1S/C11H10ClN/c1-8(2)11(7-13)9-3-5-10(12)6-4-9/h3-6H,1-2H3. The first kappa shape index (κ1) is 9.83. The van der Waals surface area contributed by atoms with Crippen molar-refractivity contribution in [3.8, 4) is 6.07 Å². The first-order chi connectivity index (χ1) is 6.15. The van der Waals surface area contributed by atoms with Gasteiger partial charge in [0.05, 0.1) is 11.6 Å². The zero-order valence-electron chi connectivity index (χ0n) is 7.63. The van der Waals surface area contributed by atoms with Crippen LogP contribution in [-0.2, 0) is 0 Å². The summed E-state index contributed by atoms with van der Waals surface area (Å²) in [4.78, 5) is 0. The van der Waals surface area contributed by atoms with Gasteiger partial charge in [0.2, 0.25) is 0 Å². The molecule has 0 atom stereocenters. The SMILES string of the molecule is CC(C)=C(C#N)c1ccc(Cl)cc1. The number of nitrogens with zero attached hydrogens (tertiary/aromatic N) is 1. The number of hydrogen-bond acceptors (Lipinski definition) is 1. The maximum atomic E-state index is 8.88. The molecule has 0 heterocycles. The minimum Gasteiger partial charge on any atom is -0.192 e. The maximum absolute atomic E-state index is 8.88. The highest BCUT2D eigenvalue weighted by atomic mass is 35.5. The number of allylic oxidation sites excluding steroid dienone is 2. The highest BCUT2D eigenvalue weighted by molar-refractivity contribution is 6.30. The van der Waals surface area contributed by atoms with Crippen LogP contribution in [0.2, 0.25) is 5.02 Å². The molecule has 2 heteroatoms. The van der Waals surface area contributed by atoms with Crippen molar-refractivity contribution in [2.24, 2.45) is 0 Å². The van der Waals surface area contributed by atoms with E-state index in [-0.39, 0.29) is 0 Å². The van der Waals surface area contributed by atoms with Crippen LogP contribution in [0.15, 0.2) is 29.8 Å². The number of nitriles is 1. The van der Waals surface area contributed by atoms with Crippen LogP contribution in [0.1, 0.15) is 19.4 Å². The van der Waals surface area contributed by atoms with Gasteiger partial charge in [-0.1, -0.05) is 29.3 Å². The smallest absolute Gasteiger partial charge is 0.0997 e. The molecule has 0 aromatic heterocycles. The second-order valence-corrected chi connectivity index (χ2v) is 3.43. The van der Waals surface area contributed by atoms with Crippen LogP contribution >= 0.6 is 11.6 Å². The van der Waals surface area contributed by atoms with Crippen LogP contribution in [0.25, 0.3) is 5.57 Å². The number of rotatable bonds is 1. The van der Waals surface area contributed by atoms with Gasteiger partial charge in [0, 0.05) is 5.02 Å². The molecule has 0 aliphatic rings. The molecule has 0 spiro atoms. The lowest BCUT2D eigenvalue weighted by molar-refractivity contribution is 1.38. The Morgan fingerprint density at radius 2 is 1.77 bits per heavy atom. The van der Waals surface area contributed by atoms with Crippen LogP contribution < -0.4 is 0 Å². The van der Waals surface area contributed by atoms with Crippen LogP contribution in [-0.4, -0.2) is 0 Å². The third kappa shape index (κ3) is 2.34. The summed E-state index contributed by atoms with van der Waals surface area (Å²) in [6.45, 7) is 3.85. The van der Waals surface area contributed by atoms with E-state index in [1.165, 1.54) is 0 Å². The first-order valence-corrected chi connectivity index (χ1v) is 4.36. The molecule has 1 aromatic rings. The van der Waals surface area contributed by atoms with Gasteiger partial charge in [-0.25, -0.2) is 0 Å². The van der Waals surface area contributed by atoms with Gasteiger partial charge in [0.25, 0.3) is 0 Å². The van der Waals surface area contributed by atoms with Crippen molar-refractivity contribution in [2.75, 3.05) is 0 Å². The summed E-state index contributed by atoms with van der Waals surface area (Å²) >= 11 is 5.74. The lowest BCUT2D eigenvalue weighted by Crippen LogP contribution is -1.83. The van der Waals surface area contributed by atoms with E-state index in [1.54, 1.807) is 12.1 Å². The van der Waals surface area contributed by atoms with E-state index in [4.69, 9.17) is 16.9 Å². The summed E-state index contributed by atoms with van der Waals surface area (Å²) < 4.78 is 0. The molecule has 0 bridgehead atoms. The monoisotopic (exact) mass is 191 g/mol. The summed E-state index contributed by atoms with van der Waals surface area (Å²) in [6.07, 6.45) is 0. The third-order valence-corrected chi connectivity index (χ3v) is 2.00. The molecule has 0 saturated heterocycles. The van der Waals surface area contributed by atoms with Crippen molar-refractivity contribution in [2.45, 2.75) is 13.8 Å². The fraction of sp³-hybridized carbons (Fsp3) is 0.182. The third-order valence-electron chi connectivity index (χ3n) is 1.74. The lowest BCUT2D eigenvalue weighted by Gasteiger charge is -2.00. The van der Waals surface area contributed by atoms with Gasteiger partial charge < -0.3 is 0 Å². The Hall–Kier alpha value is -1.26. The summed E-state index contributed by atoms with van der Waals surface area (Å²) in [7, 11) is 0. The number of halogens is 1. The van der Waals surface area contributed by atoms with E-state index in [1.807, 2.05) is 26.0 Å². The Labute approximate surface area is 83.3 Å². The second-order valence-electron chi connectivity index (χ2n) is 2.99. The van der Waals surface area contributed by atoms with Crippen molar-refractivity contribution >= 4 is 17.2 Å². The molecule has 0 radical (unpaired) electrons. The molecule has 0 aliphatic heterocycles. The molecular weight excluding hydrogens is 182 g/mol. The minimum absolute atomic E-state index is 0.690. The molecular formula is C11H10ClN. The minimum atomic E-state index is 0.690. The normalized spacial score (nSPS) is 9.08. The van der Waals surface area contributed by atoms with Gasteiger partial charge in [-0.2, -0.15) is 5.26 Å². The van der Waals surface area contributed by atoms with E-state index >= 15 is 0 Å². The Morgan fingerprint density at radius 3 is 2.15 bits per heavy atom. The fourth-order valence-corrected chi connectivity index (χ4v) is 1.21. The molecule has 1 aromatic carbocycles. The zero-order chi connectivity index (χ0) is 9.84. The van der Waals surface area contributed by atoms with Crippen LogP contribution in [0.4, 0.5) is 0 Å². The first-order valence-electron chi connectivity index (χ1n) is 3.98. The molecule has 13 heavy (non-hydrogen) atoms. The molecule has 0 amide bonds. The van der Waals surface area contributed by atoms with Gasteiger partial charge in [0.15, 0.2) is 0 Å². The van der Waals surface area contributed by atoms with Gasteiger partial charge in [-0.05, 0) is 31.5 Å². The van der Waals surface area contributed by atoms with E-state index in [2.05, 4.69) is 6.07 Å². The molecule has 0 unspecified atom stereocenters. The predicted molar refractivity (Wildman–Crippen MR) is 55.3 cm³/mol. The van der Waals surface area contributed by atoms with Crippen molar-refractivity contribution in [1.82, 2.24) is 0 Å². The molecule has 0 N–H and O–H groups in total. The van der Waals surface area contributed by atoms with Gasteiger partial charge >= 0.3 is 0 Å². The highest BCUT2D eigenvalue weighted by Crippen LogP contribution is 2.19. The quantitative estimate of drug-likeness (QED) is 0.622. The summed E-state index contributed by atoms with van der Waals surface area (Å²) in [5.74, 6) is 0. The summed E-state index contributed by atoms with van der Waals surface area (Å²) in [5, 5.41) is 9.57. The average Bonchev–Trinajstić information content (AvgIpc) is 2.09. The van der Waals surface area contributed by atoms with E-state index < -0.39 is 0 Å². The summed E-state index contributed by atoms with van der Waals surface area (Å²) in [5.41, 5.74) is 2.66. The van der Waals surface area contributed by atoms with Crippen molar-refractivity contribution in [3.05, 3.63) is 40.4 Å². The van der Waals surface area contributed by atoms with Crippen molar-refractivity contribution < 1.29 is 0 Å². The topological polar surface area (TPSA) is 23.8 Å². The summed E-state index contributed by atoms with van der Waals surface area (Å²) in [6, 6.07) is 9.46. The zero-order valence-corrected chi connectivity index (χ0v) is 8.39. The maximum Gasteiger partial charge on any atom is 0.0997 e. The molecule has 66 valence electrons. The van der Waals surface area contributed by atoms with E-state index in [0.717, 1.165) is 16.7 Å². The Morgan fingerprint density at radius 1 is 1.23 bits per heavy atom. The van der Waals surface area contributed by atoms with Crippen LogP contribution in [0.3, 0.4) is 0 Å². The fourth-order valence-electron chi connectivity index (χ4n) is 1.08. The van der Waals surface area contributed by atoms with Gasteiger partial charge in [-0.3, -0.25) is 0 Å². The second kappa shape index (κ2) is 4.11. The van der Waals surface area contributed by atoms with Gasteiger partial charge in [0.1, 0.15) is 0 Å². The number of benzene rings is 1. The molecule has 0 saturated carbocycles. The van der Waals surface area contributed by atoms with E-state index in [9.17, 15) is 0 Å². The molecule has 1 rings (SSSR count). The van der Waals surface area contributed by atoms with E-state index in [0.29, 0.717) is 5.02 Å². The predicted octanol–water partition coefficient (Wildman–Crippen LogP) is 3.66. The largest absolute Gasteiger partial charge is 0.192 e. The average molecular weight is 192 g/mol. The van der Waals surface area contributed by atoms with Gasteiger partial charge in [-0.15, -0.1) is 0 Å². The van der Waals surface area contributed by atoms with Crippen LogP contribution in [0.5, 0.6) is 0 Å². The Balaban J connectivity index is 3.17. The molecule has 1 nitrogen and oxygen atoms in total. The molecule has 0 aliphatic carbocycles. The van der Waals surface area contributed by atoms with Crippen LogP contribution in [0, 0.1) is 11.3 Å². The number of hydrogen-bond donors (Lipinski definition) is 0. The Bertz CT molecular complexity index is 364. The van der Waals surface area contributed by atoms with Crippen molar-refractivity contribution in [1.29, 1.82) is 5.26 Å². The highest BCUT2D eigenvalue weighted by Gasteiger charge is 2.01. The Kier molecular flexibility index (Phi) is 3.11. The molecule has 0 fully saturated rings. The van der Waals surface area contributed by atoms with Crippen molar-refractivity contribution in [3.63, 3.8) is 0 Å².